The first-order chi connectivity index (χ1) is 11.7. The molecule has 0 aliphatic carbocycles. The van der Waals surface area contributed by atoms with Gasteiger partial charge in [-0.15, -0.1) is 0 Å². The van der Waals surface area contributed by atoms with Crippen LogP contribution in [0, 0.1) is 0 Å². The molecular weight excluding hydrogens is 324 g/mol. The second kappa shape index (κ2) is 7.35. The van der Waals surface area contributed by atoms with E-state index in [0.717, 1.165) is 5.52 Å². The first-order valence-electron chi connectivity index (χ1n) is 7.62. The molecule has 0 bridgehead atoms. The molecule has 0 saturated carbocycles. The molecule has 0 aliphatic heterocycles. The number of nitrogens with zero attached hydrogens (tertiary/aromatic N) is 2. The lowest BCUT2D eigenvalue weighted by atomic mass is 10.2. The lowest BCUT2D eigenvalue weighted by molar-refractivity contribution is -0.115. The van der Waals surface area contributed by atoms with Crippen LogP contribution in [-0.4, -0.2) is 33.2 Å². The van der Waals surface area contributed by atoms with Gasteiger partial charge >= 0.3 is 0 Å². The van der Waals surface area contributed by atoms with Crippen molar-refractivity contribution in [2.24, 2.45) is 0 Å². The molecule has 1 unspecified atom stereocenters. The summed E-state index contributed by atoms with van der Waals surface area (Å²) in [4.78, 5) is 24.4. The van der Waals surface area contributed by atoms with E-state index in [1.165, 1.54) is 11.8 Å². The maximum atomic E-state index is 12.6. The van der Waals surface area contributed by atoms with Crippen molar-refractivity contribution in [3.63, 3.8) is 0 Å². The minimum atomic E-state index is -0.268. The number of rotatable bonds is 6. The second-order valence-electron chi connectivity index (χ2n) is 5.12. The largest absolute Gasteiger partial charge is 0.495 e. The summed E-state index contributed by atoms with van der Waals surface area (Å²) >= 11 is 1.40. The number of carbonyl (C=O) groups excluding carboxylic acids is 1. The number of carbonyl (C=O) groups is 1. The summed E-state index contributed by atoms with van der Waals surface area (Å²) in [5.41, 5.74) is 2.18. The standard InChI is InChI=1S/C17H18N4O2S/c1-3-14(16(22)19-11-7-4-5-9-13(11)23-2)24-17-20-12-8-6-10-18-15(12)21-17/h4-10,14H,3H2,1-2H3,(H,19,22)(H,18,20,21). The minimum Gasteiger partial charge on any atom is -0.495 e. The summed E-state index contributed by atoms with van der Waals surface area (Å²) in [5, 5.41) is 3.34. The Labute approximate surface area is 144 Å². The normalized spacial score (nSPS) is 12.1. The summed E-state index contributed by atoms with van der Waals surface area (Å²) in [6.45, 7) is 1.97. The van der Waals surface area contributed by atoms with Crippen LogP contribution in [0.15, 0.2) is 47.8 Å². The van der Waals surface area contributed by atoms with Gasteiger partial charge in [-0.2, -0.15) is 0 Å². The highest BCUT2D eigenvalue weighted by Crippen LogP contribution is 2.28. The third kappa shape index (κ3) is 3.51. The van der Waals surface area contributed by atoms with Crippen molar-refractivity contribution in [3.05, 3.63) is 42.6 Å². The average molecular weight is 342 g/mol. The van der Waals surface area contributed by atoms with Gasteiger partial charge in [0.05, 0.1) is 23.6 Å². The molecule has 0 aliphatic rings. The monoisotopic (exact) mass is 342 g/mol. The van der Waals surface area contributed by atoms with Crippen molar-refractivity contribution in [1.29, 1.82) is 0 Å². The van der Waals surface area contributed by atoms with E-state index in [1.54, 1.807) is 13.3 Å². The van der Waals surface area contributed by atoms with Gasteiger partial charge in [0.25, 0.3) is 0 Å². The number of pyridine rings is 1. The first kappa shape index (κ1) is 16.3. The molecule has 7 heteroatoms. The number of benzene rings is 1. The second-order valence-corrected chi connectivity index (χ2v) is 6.31. The van der Waals surface area contributed by atoms with Gasteiger partial charge in [0.1, 0.15) is 5.75 Å². The third-order valence-corrected chi connectivity index (χ3v) is 4.77. The number of anilines is 1. The molecule has 0 fully saturated rings. The lowest BCUT2D eigenvalue weighted by Gasteiger charge is -2.15. The minimum absolute atomic E-state index is 0.0829. The number of methoxy groups -OCH3 is 1. The van der Waals surface area contributed by atoms with Crippen LogP contribution in [0.5, 0.6) is 5.75 Å². The van der Waals surface area contributed by atoms with Gasteiger partial charge in [0.15, 0.2) is 10.8 Å². The number of H-pyrrole nitrogens is 1. The molecule has 0 spiro atoms. The Morgan fingerprint density at radius 3 is 2.92 bits per heavy atom. The van der Waals surface area contributed by atoms with Crippen LogP contribution in [0.1, 0.15) is 13.3 Å². The Bertz CT molecular complexity index is 816. The van der Waals surface area contributed by atoms with E-state index in [9.17, 15) is 4.79 Å². The molecule has 1 aromatic carbocycles. The zero-order chi connectivity index (χ0) is 16.9. The fourth-order valence-electron chi connectivity index (χ4n) is 2.30. The molecule has 124 valence electrons. The van der Waals surface area contributed by atoms with Crippen molar-refractivity contribution in [2.75, 3.05) is 12.4 Å². The molecule has 24 heavy (non-hydrogen) atoms. The summed E-state index contributed by atoms with van der Waals surface area (Å²) in [5.74, 6) is 0.555. The van der Waals surface area contributed by atoms with Gasteiger partial charge in [-0.3, -0.25) is 4.79 Å². The van der Waals surface area contributed by atoms with Gasteiger partial charge in [-0.1, -0.05) is 30.8 Å². The molecule has 6 nitrogen and oxygen atoms in total. The smallest absolute Gasteiger partial charge is 0.238 e. The van der Waals surface area contributed by atoms with Crippen molar-refractivity contribution in [1.82, 2.24) is 15.0 Å². The average Bonchev–Trinajstić information content (AvgIpc) is 3.02. The molecule has 2 heterocycles. The molecule has 2 N–H and O–H groups in total. The number of para-hydroxylation sites is 2. The molecule has 3 rings (SSSR count). The Kier molecular flexibility index (Phi) is 5.00. The number of thioether (sulfide) groups is 1. The van der Waals surface area contributed by atoms with Crippen molar-refractivity contribution in [2.45, 2.75) is 23.8 Å². The quantitative estimate of drug-likeness (QED) is 0.671. The molecule has 0 saturated heterocycles. The predicted octanol–water partition coefficient (Wildman–Crippen LogP) is 3.48. The number of aromatic nitrogens is 3. The zero-order valence-electron chi connectivity index (χ0n) is 13.4. The number of hydrogen-bond acceptors (Lipinski definition) is 5. The summed E-state index contributed by atoms with van der Waals surface area (Å²) in [6, 6.07) is 11.1. The Hall–Kier alpha value is -2.54. The maximum Gasteiger partial charge on any atom is 0.238 e. The first-order valence-corrected chi connectivity index (χ1v) is 8.50. The number of imidazole rings is 1. The number of fused-ring (bicyclic) bond motifs is 1. The van der Waals surface area contributed by atoms with Crippen LogP contribution >= 0.6 is 11.8 Å². The topological polar surface area (TPSA) is 79.9 Å². The number of hydrogen-bond donors (Lipinski definition) is 2. The van der Waals surface area contributed by atoms with E-state index in [2.05, 4.69) is 20.3 Å². The van der Waals surface area contributed by atoms with Crippen LogP contribution in [0.2, 0.25) is 0 Å². The highest BCUT2D eigenvalue weighted by Gasteiger charge is 2.21. The van der Waals surface area contributed by atoms with Crippen molar-refractivity contribution < 1.29 is 9.53 Å². The summed E-state index contributed by atoms with van der Waals surface area (Å²) in [6.07, 6.45) is 2.37. The zero-order valence-corrected chi connectivity index (χ0v) is 14.3. The van der Waals surface area contributed by atoms with Gasteiger partial charge in [0, 0.05) is 6.20 Å². The van der Waals surface area contributed by atoms with Crippen LogP contribution in [0.4, 0.5) is 5.69 Å². The maximum absolute atomic E-state index is 12.6. The van der Waals surface area contributed by atoms with E-state index in [-0.39, 0.29) is 11.2 Å². The Morgan fingerprint density at radius 2 is 2.17 bits per heavy atom. The van der Waals surface area contributed by atoms with Gasteiger partial charge in [0.2, 0.25) is 5.91 Å². The highest BCUT2D eigenvalue weighted by molar-refractivity contribution is 8.00. The molecule has 1 amide bonds. The molecule has 0 radical (unpaired) electrons. The molecule has 1 atom stereocenters. The van der Waals surface area contributed by atoms with E-state index >= 15 is 0 Å². The highest BCUT2D eigenvalue weighted by atomic mass is 32.2. The van der Waals surface area contributed by atoms with Crippen LogP contribution in [-0.2, 0) is 4.79 Å². The number of aromatic amines is 1. The van der Waals surface area contributed by atoms with Gasteiger partial charge in [-0.25, -0.2) is 9.97 Å². The fourth-order valence-corrected chi connectivity index (χ4v) is 3.21. The molecular formula is C17H18N4O2S. The van der Waals surface area contributed by atoms with E-state index < -0.39 is 0 Å². The SMILES string of the molecule is CCC(Sc1nc2ncccc2[nH]1)C(=O)Nc1ccccc1OC. The molecule has 2 aromatic heterocycles. The van der Waals surface area contributed by atoms with Crippen LogP contribution in [0.3, 0.4) is 0 Å². The molecule has 3 aromatic rings. The number of ether oxygens (including phenoxy) is 1. The Balaban J connectivity index is 1.74. The van der Waals surface area contributed by atoms with E-state index in [4.69, 9.17) is 4.74 Å². The Morgan fingerprint density at radius 1 is 1.33 bits per heavy atom. The van der Waals surface area contributed by atoms with Crippen LogP contribution < -0.4 is 10.1 Å². The predicted molar refractivity (Wildman–Crippen MR) is 95.4 cm³/mol. The number of amides is 1. The van der Waals surface area contributed by atoms with E-state index in [0.29, 0.717) is 28.7 Å². The third-order valence-electron chi connectivity index (χ3n) is 3.52. The number of nitrogens with one attached hydrogen (secondary N) is 2. The summed E-state index contributed by atoms with van der Waals surface area (Å²) < 4.78 is 5.27. The van der Waals surface area contributed by atoms with E-state index in [1.807, 2.05) is 43.3 Å². The van der Waals surface area contributed by atoms with Crippen LogP contribution in [0.25, 0.3) is 11.2 Å². The van der Waals surface area contributed by atoms with Gasteiger partial charge < -0.3 is 15.0 Å². The van der Waals surface area contributed by atoms with Crippen molar-refractivity contribution in [3.8, 4) is 5.75 Å². The fraction of sp³-hybridized carbons (Fsp3) is 0.235. The summed E-state index contributed by atoms with van der Waals surface area (Å²) in [7, 11) is 1.58. The van der Waals surface area contributed by atoms with Crippen molar-refractivity contribution >= 4 is 34.5 Å². The van der Waals surface area contributed by atoms with Gasteiger partial charge in [-0.05, 0) is 30.7 Å². The lowest BCUT2D eigenvalue weighted by Crippen LogP contribution is -2.24.